The highest BCUT2D eigenvalue weighted by Gasteiger charge is 2.24. The second kappa shape index (κ2) is 6.93. The van der Waals surface area contributed by atoms with Crippen LogP contribution in [-0.4, -0.2) is 28.6 Å². The van der Waals surface area contributed by atoms with Crippen LogP contribution in [0.2, 0.25) is 0 Å². The maximum absolute atomic E-state index is 13.2. The third kappa shape index (κ3) is 4.13. The quantitative estimate of drug-likeness (QED) is 0.799. The maximum atomic E-state index is 13.2. The SMILES string of the molecule is CNCCNS(=O)(=O)c1c(F)cc(F)cc1F.Cl. The lowest BCUT2D eigenvalue weighted by atomic mass is 10.3. The Morgan fingerprint density at radius 2 is 1.61 bits per heavy atom. The summed E-state index contributed by atoms with van der Waals surface area (Å²) in [5.41, 5.74) is 0. The van der Waals surface area contributed by atoms with Gasteiger partial charge in [-0.2, -0.15) is 0 Å². The van der Waals surface area contributed by atoms with E-state index in [0.717, 1.165) is 0 Å². The van der Waals surface area contributed by atoms with Crippen LogP contribution in [0.5, 0.6) is 0 Å². The third-order valence-corrected chi connectivity index (χ3v) is 3.41. The van der Waals surface area contributed by atoms with Gasteiger partial charge in [-0.15, -0.1) is 12.4 Å². The molecule has 104 valence electrons. The summed E-state index contributed by atoms with van der Waals surface area (Å²) in [6.07, 6.45) is 0. The highest BCUT2D eigenvalue weighted by Crippen LogP contribution is 2.19. The van der Waals surface area contributed by atoms with Crippen molar-refractivity contribution >= 4 is 22.4 Å². The van der Waals surface area contributed by atoms with E-state index in [9.17, 15) is 21.6 Å². The van der Waals surface area contributed by atoms with Crippen molar-refractivity contribution < 1.29 is 21.6 Å². The van der Waals surface area contributed by atoms with Crippen LogP contribution in [0.25, 0.3) is 0 Å². The molecule has 0 aliphatic heterocycles. The molecule has 0 radical (unpaired) electrons. The van der Waals surface area contributed by atoms with E-state index >= 15 is 0 Å². The summed E-state index contributed by atoms with van der Waals surface area (Å²) in [6, 6.07) is 0.630. The first kappa shape index (κ1) is 17.2. The molecule has 18 heavy (non-hydrogen) atoms. The molecular weight excluding hydrogens is 293 g/mol. The molecule has 1 rings (SSSR count). The van der Waals surface area contributed by atoms with Crippen molar-refractivity contribution in [3.63, 3.8) is 0 Å². The van der Waals surface area contributed by atoms with Crippen molar-refractivity contribution in [2.45, 2.75) is 4.90 Å². The minimum absolute atomic E-state index is 0. The first-order chi connectivity index (χ1) is 7.88. The molecule has 0 heterocycles. The Kier molecular flexibility index (Phi) is 6.61. The Bertz CT molecular complexity index is 488. The van der Waals surface area contributed by atoms with Gasteiger partial charge < -0.3 is 5.32 Å². The molecule has 0 unspecified atom stereocenters. The minimum Gasteiger partial charge on any atom is -0.318 e. The van der Waals surface area contributed by atoms with Gasteiger partial charge in [0.1, 0.15) is 17.5 Å². The number of sulfonamides is 1. The summed E-state index contributed by atoms with van der Waals surface area (Å²) in [7, 11) is -2.73. The van der Waals surface area contributed by atoms with Crippen molar-refractivity contribution in [3.05, 3.63) is 29.6 Å². The Morgan fingerprint density at radius 1 is 1.11 bits per heavy atom. The van der Waals surface area contributed by atoms with Gasteiger partial charge in [-0.05, 0) is 7.05 Å². The number of hydrogen-bond acceptors (Lipinski definition) is 3. The van der Waals surface area contributed by atoms with Gasteiger partial charge in [0, 0.05) is 25.2 Å². The van der Waals surface area contributed by atoms with Crippen LogP contribution in [-0.2, 0) is 10.0 Å². The molecule has 0 aliphatic carbocycles. The predicted octanol–water partition coefficient (Wildman–Crippen LogP) is 1.02. The van der Waals surface area contributed by atoms with E-state index in [-0.39, 0.29) is 19.0 Å². The second-order valence-corrected chi connectivity index (χ2v) is 4.90. The largest absolute Gasteiger partial charge is 0.318 e. The summed E-state index contributed by atoms with van der Waals surface area (Å²) < 4.78 is 64.0. The zero-order valence-corrected chi connectivity index (χ0v) is 11.0. The molecular formula is C9H12ClF3N2O2S. The van der Waals surface area contributed by atoms with Gasteiger partial charge in [-0.1, -0.05) is 0 Å². The molecule has 9 heteroatoms. The number of likely N-dealkylation sites (N-methyl/N-ethyl adjacent to an activating group) is 1. The van der Waals surface area contributed by atoms with Crippen molar-refractivity contribution in [1.82, 2.24) is 10.0 Å². The smallest absolute Gasteiger partial charge is 0.246 e. The summed E-state index contributed by atoms with van der Waals surface area (Å²) in [5, 5.41) is 2.66. The van der Waals surface area contributed by atoms with E-state index < -0.39 is 32.4 Å². The number of halogens is 4. The number of hydrogen-bond donors (Lipinski definition) is 2. The normalized spacial score (nSPS) is 11.1. The third-order valence-electron chi connectivity index (χ3n) is 1.90. The monoisotopic (exact) mass is 304 g/mol. The lowest BCUT2D eigenvalue weighted by Crippen LogP contribution is -2.31. The van der Waals surface area contributed by atoms with Gasteiger partial charge >= 0.3 is 0 Å². The van der Waals surface area contributed by atoms with Gasteiger partial charge in [0.15, 0.2) is 4.90 Å². The lowest BCUT2D eigenvalue weighted by Gasteiger charge is -2.08. The molecule has 1 aromatic rings. The van der Waals surface area contributed by atoms with E-state index in [4.69, 9.17) is 0 Å². The van der Waals surface area contributed by atoms with Crippen molar-refractivity contribution in [2.24, 2.45) is 0 Å². The standard InChI is InChI=1S/C9H11F3N2O2S.ClH/c1-13-2-3-14-17(15,16)9-7(11)4-6(10)5-8(9)12;/h4-5,13-14H,2-3H2,1H3;1H. The average molecular weight is 305 g/mol. The highest BCUT2D eigenvalue weighted by atomic mass is 35.5. The number of nitrogens with one attached hydrogen (secondary N) is 2. The Morgan fingerprint density at radius 3 is 2.06 bits per heavy atom. The molecule has 0 aromatic heterocycles. The Balaban J connectivity index is 0.00000289. The molecule has 0 amide bonds. The van der Waals surface area contributed by atoms with Crippen molar-refractivity contribution in [1.29, 1.82) is 0 Å². The number of benzene rings is 1. The summed E-state index contributed by atoms with van der Waals surface area (Å²) in [5.74, 6) is -4.09. The average Bonchev–Trinajstić information content (AvgIpc) is 2.15. The van der Waals surface area contributed by atoms with Gasteiger partial charge in [0.25, 0.3) is 0 Å². The molecule has 2 N–H and O–H groups in total. The Hall–Kier alpha value is -0.830. The van der Waals surface area contributed by atoms with Crippen LogP contribution in [0.4, 0.5) is 13.2 Å². The predicted molar refractivity (Wildman–Crippen MR) is 62.7 cm³/mol. The highest BCUT2D eigenvalue weighted by molar-refractivity contribution is 7.89. The zero-order valence-electron chi connectivity index (χ0n) is 9.34. The van der Waals surface area contributed by atoms with E-state index in [1.165, 1.54) is 0 Å². The fourth-order valence-electron chi connectivity index (χ4n) is 1.17. The van der Waals surface area contributed by atoms with Gasteiger partial charge in [0.2, 0.25) is 10.0 Å². The number of rotatable bonds is 5. The lowest BCUT2D eigenvalue weighted by molar-refractivity contribution is 0.493. The molecule has 0 atom stereocenters. The van der Waals surface area contributed by atoms with Crippen molar-refractivity contribution in [3.8, 4) is 0 Å². The molecule has 0 fully saturated rings. The van der Waals surface area contributed by atoms with Crippen LogP contribution in [0.15, 0.2) is 17.0 Å². The molecule has 0 saturated heterocycles. The molecule has 0 spiro atoms. The van der Waals surface area contributed by atoms with E-state index in [2.05, 4.69) is 5.32 Å². The summed E-state index contributed by atoms with van der Waals surface area (Å²) in [6.45, 7) is 0.263. The molecule has 1 aromatic carbocycles. The summed E-state index contributed by atoms with van der Waals surface area (Å²) in [4.78, 5) is -1.17. The molecule has 0 bridgehead atoms. The van der Waals surface area contributed by atoms with E-state index in [0.29, 0.717) is 18.7 Å². The molecule has 4 nitrogen and oxygen atoms in total. The molecule has 0 saturated carbocycles. The van der Waals surface area contributed by atoms with Crippen LogP contribution >= 0.6 is 12.4 Å². The van der Waals surface area contributed by atoms with Crippen LogP contribution in [0.3, 0.4) is 0 Å². The van der Waals surface area contributed by atoms with Crippen LogP contribution < -0.4 is 10.0 Å². The van der Waals surface area contributed by atoms with E-state index in [1.54, 1.807) is 7.05 Å². The topological polar surface area (TPSA) is 58.2 Å². The van der Waals surface area contributed by atoms with Crippen LogP contribution in [0.1, 0.15) is 0 Å². The zero-order chi connectivity index (χ0) is 13.1. The fourth-order valence-corrected chi connectivity index (χ4v) is 2.31. The van der Waals surface area contributed by atoms with Crippen molar-refractivity contribution in [2.75, 3.05) is 20.1 Å². The van der Waals surface area contributed by atoms with Gasteiger partial charge in [-0.25, -0.2) is 26.3 Å². The van der Waals surface area contributed by atoms with Gasteiger partial charge in [0.05, 0.1) is 0 Å². The van der Waals surface area contributed by atoms with Gasteiger partial charge in [-0.3, -0.25) is 0 Å². The van der Waals surface area contributed by atoms with E-state index in [1.807, 2.05) is 4.72 Å². The minimum atomic E-state index is -4.32. The first-order valence-electron chi connectivity index (χ1n) is 4.67. The summed E-state index contributed by atoms with van der Waals surface area (Å²) >= 11 is 0. The van der Waals surface area contributed by atoms with Crippen LogP contribution in [0, 0.1) is 17.5 Å². The second-order valence-electron chi connectivity index (χ2n) is 3.20. The maximum Gasteiger partial charge on any atom is 0.246 e. The molecule has 0 aliphatic rings. The Labute approximate surface area is 109 Å². The first-order valence-corrected chi connectivity index (χ1v) is 6.15. The fraction of sp³-hybridized carbons (Fsp3) is 0.333.